The number of unbranched alkanes of at least 4 members (excludes halogenated alkanes) is 2. The largest absolute Gasteiger partial charge is 0.485 e. The second-order valence-electron chi connectivity index (χ2n) is 13.4. The average Bonchev–Trinajstić information content (AvgIpc) is 3.13. The maximum atomic E-state index is 13.9. The number of fused-ring (bicyclic) bond motifs is 2. The summed E-state index contributed by atoms with van der Waals surface area (Å²) >= 11 is 0. The Bertz CT molecular complexity index is 1890. The molecule has 0 aliphatic carbocycles. The van der Waals surface area contributed by atoms with Crippen LogP contribution in [0, 0.1) is 5.92 Å². The normalized spacial score (nSPS) is 16.2. The van der Waals surface area contributed by atoms with E-state index in [1.807, 2.05) is 49.4 Å². The van der Waals surface area contributed by atoms with Crippen molar-refractivity contribution < 1.29 is 29.0 Å². The molecule has 12 nitrogen and oxygen atoms in total. The standard InChI is InChI=1S/C40H48N6O6/c1-26-23-46(27(2)25-47)39(50)30-16-12-20-34(43-37(49)22-6-4-5-21-36(48)42-33-18-10-9-17-31(33)41)38(30)52-35(26)24-45(3)40(51)44-32-19-11-14-28-13-7-8-15-29(28)32/h7-20,26-27,35,47H,4-6,21-25,41H2,1-3H3,(H,42,48)(H,43,49)(H,44,51)/t26-,27+,35+/m1/s1. The van der Waals surface area contributed by atoms with Crippen molar-refractivity contribution in [2.24, 2.45) is 5.92 Å². The summed E-state index contributed by atoms with van der Waals surface area (Å²) in [7, 11) is 1.68. The Balaban J connectivity index is 1.25. The number of amides is 5. The number of hydrogen-bond donors (Lipinski definition) is 5. The number of likely N-dealkylation sites (N-methyl/N-ethyl adjacent to an activating group) is 1. The number of anilines is 4. The molecular weight excluding hydrogens is 660 g/mol. The first-order chi connectivity index (χ1) is 25.0. The number of para-hydroxylation sites is 3. The highest BCUT2D eigenvalue weighted by Gasteiger charge is 2.35. The first-order valence-electron chi connectivity index (χ1n) is 17.7. The van der Waals surface area contributed by atoms with Crippen LogP contribution in [0.25, 0.3) is 10.8 Å². The highest BCUT2D eigenvalue weighted by Crippen LogP contribution is 2.35. The Hall–Kier alpha value is -5.62. The van der Waals surface area contributed by atoms with E-state index in [2.05, 4.69) is 16.0 Å². The molecule has 0 saturated heterocycles. The van der Waals surface area contributed by atoms with Gasteiger partial charge in [0.2, 0.25) is 11.8 Å². The van der Waals surface area contributed by atoms with Crippen LogP contribution < -0.4 is 26.4 Å². The first-order valence-corrected chi connectivity index (χ1v) is 17.7. The van der Waals surface area contributed by atoms with E-state index in [9.17, 15) is 24.3 Å². The fourth-order valence-corrected chi connectivity index (χ4v) is 6.24. The van der Waals surface area contributed by atoms with Crippen molar-refractivity contribution in [3.8, 4) is 5.75 Å². The number of benzene rings is 4. The molecule has 0 unspecified atom stereocenters. The predicted octanol–water partition coefficient (Wildman–Crippen LogP) is 6.33. The van der Waals surface area contributed by atoms with Gasteiger partial charge in [0.1, 0.15) is 6.10 Å². The maximum Gasteiger partial charge on any atom is 0.321 e. The van der Waals surface area contributed by atoms with Gasteiger partial charge in [-0.1, -0.05) is 67.9 Å². The van der Waals surface area contributed by atoms with Gasteiger partial charge >= 0.3 is 6.03 Å². The minimum atomic E-state index is -0.570. The molecule has 52 heavy (non-hydrogen) atoms. The third kappa shape index (κ3) is 9.38. The molecule has 1 heterocycles. The third-order valence-electron chi connectivity index (χ3n) is 9.34. The minimum absolute atomic E-state index is 0.142. The van der Waals surface area contributed by atoms with Gasteiger partial charge in [-0.2, -0.15) is 0 Å². The van der Waals surface area contributed by atoms with Crippen molar-refractivity contribution >= 4 is 57.3 Å². The predicted molar refractivity (Wildman–Crippen MR) is 204 cm³/mol. The molecule has 6 N–H and O–H groups in total. The molecule has 0 bridgehead atoms. The Morgan fingerprint density at radius 1 is 0.865 bits per heavy atom. The van der Waals surface area contributed by atoms with Crippen LogP contribution >= 0.6 is 0 Å². The number of ether oxygens (including phenoxy) is 1. The monoisotopic (exact) mass is 708 g/mol. The highest BCUT2D eigenvalue weighted by molar-refractivity contribution is 6.02. The maximum absolute atomic E-state index is 13.9. The van der Waals surface area contributed by atoms with Gasteiger partial charge in [0, 0.05) is 37.7 Å². The van der Waals surface area contributed by atoms with Crippen LogP contribution in [0.3, 0.4) is 0 Å². The first kappa shape index (κ1) is 37.6. The van der Waals surface area contributed by atoms with E-state index in [1.165, 1.54) is 0 Å². The number of nitrogens with two attached hydrogens (primary N) is 1. The molecule has 3 atom stereocenters. The van der Waals surface area contributed by atoms with E-state index in [1.54, 1.807) is 66.2 Å². The van der Waals surface area contributed by atoms with Gasteiger partial charge in [-0.05, 0) is 55.5 Å². The van der Waals surface area contributed by atoms with Crippen LogP contribution in [-0.2, 0) is 9.59 Å². The van der Waals surface area contributed by atoms with Crippen LogP contribution in [0.15, 0.2) is 84.9 Å². The van der Waals surface area contributed by atoms with E-state index >= 15 is 0 Å². The van der Waals surface area contributed by atoms with Crippen molar-refractivity contribution in [3.63, 3.8) is 0 Å². The lowest BCUT2D eigenvalue weighted by atomic mass is 9.99. The van der Waals surface area contributed by atoms with Crippen molar-refractivity contribution in [3.05, 3.63) is 90.5 Å². The SMILES string of the molecule is C[C@@H]1CN([C@@H](C)CO)C(=O)c2cccc(NC(=O)CCCCCC(=O)Nc3ccccc3N)c2O[C@H]1CN(C)C(=O)Nc1cccc2ccccc12. The van der Waals surface area contributed by atoms with Gasteiger partial charge < -0.3 is 41.3 Å². The molecule has 5 rings (SSSR count). The number of aliphatic hydroxyl groups excluding tert-OH is 1. The molecular formula is C40H48N6O6. The molecule has 0 aromatic heterocycles. The molecule has 0 radical (unpaired) electrons. The Labute approximate surface area is 304 Å². The number of rotatable bonds is 13. The molecule has 4 aromatic rings. The zero-order valence-electron chi connectivity index (χ0n) is 29.9. The zero-order chi connectivity index (χ0) is 37.2. The Morgan fingerprint density at radius 3 is 2.21 bits per heavy atom. The molecule has 4 aromatic carbocycles. The summed E-state index contributed by atoms with van der Waals surface area (Å²) < 4.78 is 6.58. The van der Waals surface area contributed by atoms with E-state index in [0.717, 1.165) is 10.8 Å². The van der Waals surface area contributed by atoms with Gasteiger partial charge in [0.15, 0.2) is 5.75 Å². The summed E-state index contributed by atoms with van der Waals surface area (Å²) in [6.07, 6.45) is 1.75. The second kappa shape index (κ2) is 17.5. The average molecular weight is 709 g/mol. The molecule has 0 saturated carbocycles. The Morgan fingerprint density at radius 2 is 1.48 bits per heavy atom. The zero-order valence-corrected chi connectivity index (χ0v) is 29.9. The summed E-state index contributed by atoms with van der Waals surface area (Å²) in [5.41, 5.74) is 8.26. The number of nitrogen functional groups attached to an aromatic ring is 1. The molecule has 0 spiro atoms. The number of carbonyl (C=O) groups excluding carboxylic acids is 4. The molecule has 12 heteroatoms. The lowest BCUT2D eigenvalue weighted by Gasteiger charge is -2.38. The van der Waals surface area contributed by atoms with E-state index in [0.29, 0.717) is 48.4 Å². The fourth-order valence-electron chi connectivity index (χ4n) is 6.24. The van der Waals surface area contributed by atoms with E-state index < -0.39 is 12.1 Å². The summed E-state index contributed by atoms with van der Waals surface area (Å²) in [4.78, 5) is 56.0. The molecule has 0 fully saturated rings. The number of nitrogens with one attached hydrogen (secondary N) is 3. The lowest BCUT2D eigenvalue weighted by molar-refractivity contribution is -0.116. The van der Waals surface area contributed by atoms with Gasteiger partial charge in [0.05, 0.1) is 47.5 Å². The minimum Gasteiger partial charge on any atom is -0.485 e. The summed E-state index contributed by atoms with van der Waals surface area (Å²) in [6, 6.07) is 24.8. The van der Waals surface area contributed by atoms with Crippen molar-refractivity contribution in [1.29, 1.82) is 0 Å². The van der Waals surface area contributed by atoms with Crippen LogP contribution in [0.5, 0.6) is 5.75 Å². The van der Waals surface area contributed by atoms with E-state index in [4.69, 9.17) is 10.5 Å². The Kier molecular flexibility index (Phi) is 12.7. The molecule has 1 aliphatic rings. The summed E-state index contributed by atoms with van der Waals surface area (Å²) in [5, 5.41) is 20.7. The van der Waals surface area contributed by atoms with Crippen LogP contribution in [-0.4, -0.2) is 77.5 Å². The molecule has 274 valence electrons. The summed E-state index contributed by atoms with van der Waals surface area (Å²) in [6.45, 7) is 3.95. The second-order valence-corrected chi connectivity index (χ2v) is 13.4. The smallest absolute Gasteiger partial charge is 0.321 e. The third-order valence-corrected chi connectivity index (χ3v) is 9.34. The van der Waals surface area contributed by atoms with Crippen molar-refractivity contribution in [2.45, 2.75) is 58.1 Å². The number of nitrogens with zero attached hydrogens (tertiary/aromatic N) is 2. The van der Waals surface area contributed by atoms with Crippen LogP contribution in [0.2, 0.25) is 0 Å². The highest BCUT2D eigenvalue weighted by atomic mass is 16.5. The van der Waals surface area contributed by atoms with Crippen molar-refractivity contribution in [1.82, 2.24) is 9.80 Å². The fraction of sp³-hybridized carbons (Fsp3) is 0.350. The molecule has 5 amide bonds. The molecule has 1 aliphatic heterocycles. The van der Waals surface area contributed by atoms with Gasteiger partial charge in [0.25, 0.3) is 5.91 Å². The van der Waals surface area contributed by atoms with Gasteiger partial charge in [-0.15, -0.1) is 0 Å². The van der Waals surface area contributed by atoms with E-state index in [-0.39, 0.29) is 67.1 Å². The number of urea groups is 1. The lowest BCUT2D eigenvalue weighted by Crippen LogP contribution is -2.50. The summed E-state index contributed by atoms with van der Waals surface area (Å²) in [5.74, 6) is -0.761. The van der Waals surface area contributed by atoms with Crippen LogP contribution in [0.1, 0.15) is 56.3 Å². The number of hydrogen-bond acceptors (Lipinski definition) is 7. The number of aliphatic hydroxyl groups is 1. The topological polar surface area (TPSA) is 166 Å². The van der Waals surface area contributed by atoms with Gasteiger partial charge in [-0.25, -0.2) is 4.79 Å². The van der Waals surface area contributed by atoms with Crippen LogP contribution in [0.4, 0.5) is 27.5 Å². The van der Waals surface area contributed by atoms with Gasteiger partial charge in [-0.3, -0.25) is 14.4 Å². The number of carbonyl (C=O) groups is 4. The quantitative estimate of drug-likeness (QED) is 0.0799. The van der Waals surface area contributed by atoms with Crippen molar-refractivity contribution in [2.75, 3.05) is 48.4 Å².